The number of fused-ring (bicyclic) bond motifs is 1. The van der Waals surface area contributed by atoms with Crippen LogP contribution in [0.15, 0.2) is 30.3 Å². The van der Waals surface area contributed by atoms with Crippen LogP contribution >= 0.6 is 0 Å². The second kappa shape index (κ2) is 5.94. The lowest BCUT2D eigenvalue weighted by Crippen LogP contribution is -2.28. The van der Waals surface area contributed by atoms with Gasteiger partial charge in [0.25, 0.3) is 0 Å². The fourth-order valence-corrected chi connectivity index (χ4v) is 2.28. The van der Waals surface area contributed by atoms with Crippen LogP contribution in [-0.4, -0.2) is 4.98 Å². The van der Waals surface area contributed by atoms with E-state index in [2.05, 4.69) is 37.5 Å². The van der Waals surface area contributed by atoms with Crippen LogP contribution in [-0.2, 0) is 0 Å². The van der Waals surface area contributed by atoms with E-state index in [9.17, 15) is 0 Å². The van der Waals surface area contributed by atoms with Crippen LogP contribution in [0.4, 0.5) is 0 Å². The number of aryl methyl sites for hydroxylation is 1. The van der Waals surface area contributed by atoms with Crippen molar-refractivity contribution in [2.75, 3.05) is 0 Å². The molecule has 0 amide bonds. The lowest BCUT2D eigenvalue weighted by Gasteiger charge is -2.16. The molecule has 3 N–H and O–H groups in total. The van der Waals surface area contributed by atoms with E-state index >= 15 is 0 Å². The summed E-state index contributed by atoms with van der Waals surface area (Å²) >= 11 is 0. The molecular weight excluding hydrogens is 222 g/mol. The lowest BCUT2D eigenvalue weighted by molar-refractivity contribution is 0.486. The Bertz CT molecular complexity index is 522. The van der Waals surface area contributed by atoms with E-state index in [0.29, 0.717) is 0 Å². The third kappa shape index (κ3) is 2.68. The van der Waals surface area contributed by atoms with Gasteiger partial charge in [0.15, 0.2) is 0 Å². The molecule has 1 unspecified atom stereocenters. The number of rotatable bonds is 5. The summed E-state index contributed by atoms with van der Waals surface area (Å²) in [6.07, 6.45) is 3.35. The van der Waals surface area contributed by atoms with Gasteiger partial charge >= 0.3 is 0 Å². The van der Waals surface area contributed by atoms with Gasteiger partial charge in [-0.15, -0.1) is 0 Å². The van der Waals surface area contributed by atoms with Crippen molar-refractivity contribution in [2.45, 2.75) is 39.2 Å². The lowest BCUT2D eigenvalue weighted by atomic mass is 10.0. The van der Waals surface area contributed by atoms with Gasteiger partial charge in [-0.3, -0.25) is 16.3 Å². The number of aromatic nitrogens is 1. The summed E-state index contributed by atoms with van der Waals surface area (Å²) in [6.45, 7) is 4.31. The zero-order valence-corrected chi connectivity index (χ0v) is 11.1. The zero-order chi connectivity index (χ0) is 13.0. The molecule has 0 aliphatic carbocycles. The molecule has 0 radical (unpaired) electrons. The van der Waals surface area contributed by atoms with Gasteiger partial charge in [0, 0.05) is 5.39 Å². The number of benzene rings is 1. The Labute approximate surface area is 108 Å². The van der Waals surface area contributed by atoms with Crippen molar-refractivity contribution in [3.8, 4) is 0 Å². The quantitative estimate of drug-likeness (QED) is 0.626. The number of nitrogens with zero attached hydrogens (tertiary/aromatic N) is 1. The summed E-state index contributed by atoms with van der Waals surface area (Å²) in [5, 5.41) is 1.22. The van der Waals surface area contributed by atoms with Crippen LogP contribution in [0.2, 0.25) is 0 Å². The van der Waals surface area contributed by atoms with Gasteiger partial charge in [0.2, 0.25) is 0 Å². The van der Waals surface area contributed by atoms with Crippen molar-refractivity contribution in [2.24, 2.45) is 5.84 Å². The topological polar surface area (TPSA) is 50.9 Å². The van der Waals surface area contributed by atoms with Crippen LogP contribution < -0.4 is 11.3 Å². The average molecular weight is 243 g/mol. The van der Waals surface area contributed by atoms with Gasteiger partial charge in [-0.1, -0.05) is 38.0 Å². The number of hydrogen-bond donors (Lipinski definition) is 2. The van der Waals surface area contributed by atoms with E-state index in [1.807, 2.05) is 12.1 Å². The summed E-state index contributed by atoms with van der Waals surface area (Å²) in [5.41, 5.74) is 6.23. The molecule has 0 aliphatic rings. The van der Waals surface area contributed by atoms with Crippen molar-refractivity contribution >= 4 is 10.9 Å². The highest BCUT2D eigenvalue weighted by atomic mass is 15.2. The molecule has 0 saturated carbocycles. The molecule has 1 heterocycles. The van der Waals surface area contributed by atoms with E-state index in [-0.39, 0.29) is 6.04 Å². The predicted molar refractivity (Wildman–Crippen MR) is 76.1 cm³/mol. The molecule has 3 nitrogen and oxygen atoms in total. The first kappa shape index (κ1) is 13.0. The fourth-order valence-electron chi connectivity index (χ4n) is 2.28. The summed E-state index contributed by atoms with van der Waals surface area (Å²) in [4.78, 5) is 4.72. The maximum atomic E-state index is 5.65. The maximum absolute atomic E-state index is 5.65. The molecule has 2 aromatic rings. The molecule has 18 heavy (non-hydrogen) atoms. The van der Waals surface area contributed by atoms with Crippen molar-refractivity contribution in [1.29, 1.82) is 0 Å². The fraction of sp³-hybridized carbons (Fsp3) is 0.400. The second-order valence-electron chi connectivity index (χ2n) is 4.74. The SMILES string of the molecule is CCCCC(NN)c1cc(C)c2ccccc2n1. The molecule has 0 aliphatic heterocycles. The van der Waals surface area contributed by atoms with Crippen LogP contribution in [0.3, 0.4) is 0 Å². The van der Waals surface area contributed by atoms with Gasteiger partial charge < -0.3 is 0 Å². The minimum atomic E-state index is 0.147. The highest BCUT2D eigenvalue weighted by Crippen LogP contribution is 2.23. The highest BCUT2D eigenvalue weighted by Gasteiger charge is 2.12. The van der Waals surface area contributed by atoms with Gasteiger partial charge in [0.05, 0.1) is 17.3 Å². The first-order valence-electron chi connectivity index (χ1n) is 6.58. The Morgan fingerprint density at radius 3 is 2.83 bits per heavy atom. The molecular formula is C15H21N3. The number of nitrogens with two attached hydrogens (primary N) is 1. The van der Waals surface area contributed by atoms with Crippen LogP contribution in [0.1, 0.15) is 43.5 Å². The number of nitrogens with one attached hydrogen (secondary N) is 1. The van der Waals surface area contributed by atoms with Crippen molar-refractivity contribution in [3.05, 3.63) is 41.6 Å². The number of hydrogen-bond acceptors (Lipinski definition) is 3. The van der Waals surface area contributed by atoms with E-state index in [1.165, 1.54) is 17.4 Å². The first-order valence-corrected chi connectivity index (χ1v) is 6.58. The average Bonchev–Trinajstić information content (AvgIpc) is 2.40. The molecule has 0 spiro atoms. The summed E-state index contributed by atoms with van der Waals surface area (Å²) in [6, 6.07) is 10.5. The summed E-state index contributed by atoms with van der Waals surface area (Å²) in [5.74, 6) is 5.65. The molecule has 1 atom stereocenters. The molecule has 0 saturated heterocycles. The third-order valence-corrected chi connectivity index (χ3v) is 3.35. The number of pyridine rings is 1. The molecule has 0 fully saturated rings. The molecule has 1 aromatic carbocycles. The van der Waals surface area contributed by atoms with Gasteiger partial charge in [-0.05, 0) is 31.0 Å². The van der Waals surface area contributed by atoms with E-state index in [4.69, 9.17) is 10.8 Å². The third-order valence-electron chi connectivity index (χ3n) is 3.35. The van der Waals surface area contributed by atoms with Gasteiger partial charge in [-0.25, -0.2) is 0 Å². The van der Waals surface area contributed by atoms with Crippen LogP contribution in [0.25, 0.3) is 10.9 Å². The standard InChI is InChI=1S/C15H21N3/c1-3-4-8-14(18-16)15-10-11(2)12-7-5-6-9-13(12)17-15/h5-7,9-10,14,18H,3-4,8,16H2,1-2H3. The number of para-hydroxylation sites is 1. The van der Waals surface area contributed by atoms with Crippen LogP contribution in [0.5, 0.6) is 0 Å². The summed E-state index contributed by atoms with van der Waals surface area (Å²) in [7, 11) is 0. The zero-order valence-electron chi connectivity index (χ0n) is 11.1. The molecule has 96 valence electrons. The number of hydrazine groups is 1. The molecule has 0 bridgehead atoms. The highest BCUT2D eigenvalue weighted by molar-refractivity contribution is 5.82. The normalized spacial score (nSPS) is 12.8. The van der Waals surface area contributed by atoms with Gasteiger partial charge in [0.1, 0.15) is 0 Å². The largest absolute Gasteiger partial charge is 0.271 e. The minimum Gasteiger partial charge on any atom is -0.271 e. The van der Waals surface area contributed by atoms with Crippen LogP contribution in [0, 0.1) is 6.92 Å². The Morgan fingerprint density at radius 2 is 2.11 bits per heavy atom. The van der Waals surface area contributed by atoms with Crippen molar-refractivity contribution < 1.29 is 0 Å². The smallest absolute Gasteiger partial charge is 0.0708 e. The Morgan fingerprint density at radius 1 is 1.33 bits per heavy atom. The van der Waals surface area contributed by atoms with Crippen molar-refractivity contribution in [1.82, 2.24) is 10.4 Å². The summed E-state index contributed by atoms with van der Waals surface area (Å²) < 4.78 is 0. The molecule has 1 aromatic heterocycles. The first-order chi connectivity index (χ1) is 8.76. The molecule has 2 rings (SSSR count). The molecule has 3 heteroatoms. The van der Waals surface area contributed by atoms with Gasteiger partial charge in [-0.2, -0.15) is 0 Å². The van der Waals surface area contributed by atoms with Crippen molar-refractivity contribution in [3.63, 3.8) is 0 Å². The Hall–Kier alpha value is -1.45. The number of unbranched alkanes of at least 4 members (excludes halogenated alkanes) is 1. The van der Waals surface area contributed by atoms with E-state index in [0.717, 1.165) is 24.1 Å². The Kier molecular flexibility index (Phi) is 4.28. The Balaban J connectivity index is 2.38. The maximum Gasteiger partial charge on any atom is 0.0708 e. The second-order valence-corrected chi connectivity index (χ2v) is 4.74. The van der Waals surface area contributed by atoms with E-state index < -0.39 is 0 Å². The monoisotopic (exact) mass is 243 g/mol. The van der Waals surface area contributed by atoms with E-state index in [1.54, 1.807) is 0 Å². The minimum absolute atomic E-state index is 0.147. The predicted octanol–water partition coefficient (Wildman–Crippen LogP) is 3.24.